The molecule has 0 spiro atoms. The van der Waals surface area contributed by atoms with Gasteiger partial charge in [0, 0.05) is 39.4 Å². The van der Waals surface area contributed by atoms with E-state index < -0.39 is 0 Å². The molecule has 2 aromatic rings. The average molecular weight is 370 g/mol. The maximum Gasteiger partial charge on any atom is 0.224 e. The normalized spacial score (nSPS) is 14.3. The fourth-order valence-electron chi connectivity index (χ4n) is 3.49. The van der Waals surface area contributed by atoms with Crippen LogP contribution in [0, 0.1) is 5.92 Å². The van der Waals surface area contributed by atoms with Crippen molar-refractivity contribution in [2.75, 3.05) is 32.1 Å². The molecule has 0 radical (unpaired) electrons. The third kappa shape index (κ3) is 5.32. The highest BCUT2D eigenvalue weighted by atomic mass is 16.1. The van der Waals surface area contributed by atoms with Crippen LogP contribution in [0.2, 0.25) is 0 Å². The first-order chi connectivity index (χ1) is 12.9. The number of hydrogen-bond donors (Lipinski definition) is 1. The Morgan fingerprint density at radius 1 is 1.22 bits per heavy atom. The number of anilines is 1. The van der Waals surface area contributed by atoms with E-state index in [-0.39, 0.29) is 5.91 Å². The van der Waals surface area contributed by atoms with Crippen molar-refractivity contribution >= 4 is 11.6 Å². The molecule has 0 unspecified atom stereocenters. The lowest BCUT2D eigenvalue weighted by Crippen LogP contribution is -2.36. The Balaban J connectivity index is 1.50. The Hall–Kier alpha value is -2.34. The van der Waals surface area contributed by atoms with Gasteiger partial charge < -0.3 is 10.2 Å². The summed E-state index contributed by atoms with van der Waals surface area (Å²) in [5, 5.41) is 7.64. The van der Waals surface area contributed by atoms with E-state index in [0.29, 0.717) is 18.9 Å². The SMILES string of the molecule is CC(C)CN1CCn2nc(CNC(=O)Cc3ccc(N(C)C)cc3)cc2C1. The van der Waals surface area contributed by atoms with Crippen molar-refractivity contribution in [3.05, 3.63) is 47.3 Å². The predicted octanol–water partition coefficient (Wildman–Crippen LogP) is 2.28. The summed E-state index contributed by atoms with van der Waals surface area (Å²) in [4.78, 5) is 16.8. The van der Waals surface area contributed by atoms with E-state index in [4.69, 9.17) is 0 Å². The first kappa shape index (κ1) is 19.4. The highest BCUT2D eigenvalue weighted by Gasteiger charge is 2.19. The summed E-state index contributed by atoms with van der Waals surface area (Å²) in [5.74, 6) is 0.699. The van der Waals surface area contributed by atoms with E-state index in [2.05, 4.69) is 39.9 Å². The summed E-state index contributed by atoms with van der Waals surface area (Å²) in [5.41, 5.74) is 4.33. The monoisotopic (exact) mass is 369 g/mol. The zero-order valence-electron chi connectivity index (χ0n) is 16.9. The van der Waals surface area contributed by atoms with Crippen LogP contribution in [0.5, 0.6) is 0 Å². The minimum atomic E-state index is 0.0278. The van der Waals surface area contributed by atoms with Gasteiger partial charge in [0.25, 0.3) is 0 Å². The van der Waals surface area contributed by atoms with E-state index >= 15 is 0 Å². The summed E-state index contributed by atoms with van der Waals surface area (Å²) in [6, 6.07) is 10.2. The third-order valence-electron chi connectivity index (χ3n) is 4.83. The highest BCUT2D eigenvalue weighted by Crippen LogP contribution is 2.15. The lowest BCUT2D eigenvalue weighted by Gasteiger charge is -2.28. The van der Waals surface area contributed by atoms with Gasteiger partial charge in [0.1, 0.15) is 0 Å². The van der Waals surface area contributed by atoms with Crippen LogP contribution in [0.15, 0.2) is 30.3 Å². The van der Waals surface area contributed by atoms with E-state index in [1.165, 1.54) is 5.69 Å². The maximum absolute atomic E-state index is 12.3. The number of benzene rings is 1. The van der Waals surface area contributed by atoms with Crippen LogP contribution in [-0.4, -0.2) is 47.8 Å². The lowest BCUT2D eigenvalue weighted by molar-refractivity contribution is -0.120. The van der Waals surface area contributed by atoms with E-state index in [1.807, 2.05) is 43.3 Å². The van der Waals surface area contributed by atoms with Crippen molar-refractivity contribution in [3.63, 3.8) is 0 Å². The summed E-state index contributed by atoms with van der Waals surface area (Å²) in [6.45, 7) is 9.01. The van der Waals surface area contributed by atoms with Crippen LogP contribution >= 0.6 is 0 Å². The Kier molecular flexibility index (Phi) is 6.16. The van der Waals surface area contributed by atoms with Crippen LogP contribution in [0.1, 0.15) is 30.8 Å². The molecule has 6 heteroatoms. The molecule has 27 heavy (non-hydrogen) atoms. The van der Waals surface area contributed by atoms with Crippen LogP contribution in [0.3, 0.4) is 0 Å². The largest absolute Gasteiger partial charge is 0.378 e. The number of amides is 1. The quantitative estimate of drug-likeness (QED) is 0.814. The lowest BCUT2D eigenvalue weighted by atomic mass is 10.1. The Morgan fingerprint density at radius 3 is 2.63 bits per heavy atom. The molecule has 0 saturated carbocycles. The molecule has 1 amide bonds. The van der Waals surface area contributed by atoms with Gasteiger partial charge in [-0.2, -0.15) is 5.10 Å². The Bertz CT molecular complexity index is 763. The topological polar surface area (TPSA) is 53.4 Å². The van der Waals surface area contributed by atoms with Gasteiger partial charge in [-0.1, -0.05) is 26.0 Å². The van der Waals surface area contributed by atoms with Gasteiger partial charge in [-0.25, -0.2) is 0 Å². The van der Waals surface area contributed by atoms with Gasteiger partial charge in [-0.05, 0) is 29.7 Å². The van der Waals surface area contributed by atoms with Gasteiger partial charge in [0.15, 0.2) is 0 Å². The van der Waals surface area contributed by atoms with Crippen LogP contribution in [0.25, 0.3) is 0 Å². The second-order valence-electron chi connectivity index (χ2n) is 7.99. The first-order valence-corrected chi connectivity index (χ1v) is 9.71. The van der Waals surface area contributed by atoms with Gasteiger partial charge in [-0.15, -0.1) is 0 Å². The van der Waals surface area contributed by atoms with Gasteiger partial charge in [0.05, 0.1) is 30.9 Å². The molecule has 1 aliphatic rings. The molecule has 2 heterocycles. The van der Waals surface area contributed by atoms with Crippen LogP contribution in [-0.2, 0) is 30.8 Å². The third-order valence-corrected chi connectivity index (χ3v) is 4.83. The van der Waals surface area contributed by atoms with E-state index in [0.717, 1.165) is 43.1 Å². The molecule has 0 fully saturated rings. The first-order valence-electron chi connectivity index (χ1n) is 9.71. The number of nitrogens with zero attached hydrogens (tertiary/aromatic N) is 4. The molecular weight excluding hydrogens is 338 g/mol. The van der Waals surface area contributed by atoms with Crippen LogP contribution in [0.4, 0.5) is 5.69 Å². The molecule has 0 bridgehead atoms. The number of nitrogens with one attached hydrogen (secondary N) is 1. The molecule has 1 aromatic carbocycles. The fourth-order valence-corrected chi connectivity index (χ4v) is 3.49. The average Bonchev–Trinajstić information content (AvgIpc) is 3.02. The second kappa shape index (κ2) is 8.57. The van der Waals surface area contributed by atoms with Gasteiger partial charge >= 0.3 is 0 Å². The number of carbonyl (C=O) groups is 1. The van der Waals surface area contributed by atoms with Crippen molar-refractivity contribution in [2.45, 2.75) is 39.9 Å². The van der Waals surface area contributed by atoms with Crippen molar-refractivity contribution in [1.82, 2.24) is 20.0 Å². The molecule has 6 nitrogen and oxygen atoms in total. The second-order valence-corrected chi connectivity index (χ2v) is 7.99. The fraction of sp³-hybridized carbons (Fsp3) is 0.524. The minimum Gasteiger partial charge on any atom is -0.378 e. The zero-order valence-corrected chi connectivity index (χ0v) is 16.9. The Labute approximate surface area is 162 Å². The van der Waals surface area contributed by atoms with Gasteiger partial charge in [0.2, 0.25) is 5.91 Å². The molecule has 3 rings (SSSR count). The maximum atomic E-state index is 12.3. The predicted molar refractivity (Wildman–Crippen MR) is 109 cm³/mol. The molecule has 146 valence electrons. The van der Waals surface area contributed by atoms with Crippen LogP contribution < -0.4 is 10.2 Å². The standard InChI is InChI=1S/C21H31N5O/c1-16(2)14-25-9-10-26-20(15-25)12-18(23-26)13-22-21(27)11-17-5-7-19(8-6-17)24(3)4/h5-8,12,16H,9-11,13-15H2,1-4H3,(H,22,27). The number of hydrogen-bond acceptors (Lipinski definition) is 4. The highest BCUT2D eigenvalue weighted by molar-refractivity contribution is 5.78. The van der Waals surface area contributed by atoms with Crippen molar-refractivity contribution in [3.8, 4) is 0 Å². The van der Waals surface area contributed by atoms with Crippen molar-refractivity contribution in [1.29, 1.82) is 0 Å². The minimum absolute atomic E-state index is 0.0278. The summed E-state index contributed by atoms with van der Waals surface area (Å²) in [7, 11) is 4.02. The number of rotatable bonds is 7. The van der Waals surface area contributed by atoms with Gasteiger partial charge in [-0.3, -0.25) is 14.4 Å². The summed E-state index contributed by atoms with van der Waals surface area (Å²) >= 11 is 0. The zero-order chi connectivity index (χ0) is 19.4. The smallest absolute Gasteiger partial charge is 0.224 e. The van der Waals surface area contributed by atoms with E-state index in [1.54, 1.807) is 0 Å². The molecule has 0 atom stereocenters. The number of fused-ring (bicyclic) bond motifs is 1. The molecular formula is C21H31N5O. The summed E-state index contributed by atoms with van der Waals surface area (Å²) in [6.07, 6.45) is 0.392. The molecule has 1 aliphatic heterocycles. The summed E-state index contributed by atoms with van der Waals surface area (Å²) < 4.78 is 2.08. The number of aromatic nitrogens is 2. The molecule has 1 aromatic heterocycles. The number of carbonyl (C=O) groups excluding carboxylic acids is 1. The van der Waals surface area contributed by atoms with Crippen molar-refractivity contribution < 1.29 is 4.79 Å². The molecule has 0 aliphatic carbocycles. The van der Waals surface area contributed by atoms with E-state index in [9.17, 15) is 4.79 Å². The van der Waals surface area contributed by atoms with Crippen molar-refractivity contribution in [2.24, 2.45) is 5.92 Å². The molecule has 1 N–H and O–H groups in total. The molecule has 0 saturated heterocycles. The Morgan fingerprint density at radius 2 is 1.96 bits per heavy atom.